The predicted octanol–water partition coefficient (Wildman–Crippen LogP) is 3.09. The molecule has 1 aromatic carbocycles. The fraction of sp³-hybridized carbons (Fsp3) is 0.600. The summed E-state index contributed by atoms with van der Waals surface area (Å²) in [5, 5.41) is 0. The molecule has 1 aromatic rings. The quantitative estimate of drug-likeness (QED) is 0.912. The third-order valence-corrected chi connectivity index (χ3v) is 3.61. The van der Waals surface area contributed by atoms with Gasteiger partial charge in [0.15, 0.2) is 0 Å². The van der Waals surface area contributed by atoms with Crippen molar-refractivity contribution in [3.63, 3.8) is 0 Å². The summed E-state index contributed by atoms with van der Waals surface area (Å²) in [5.41, 5.74) is 6.85. The number of rotatable bonds is 3. The van der Waals surface area contributed by atoms with Gasteiger partial charge in [-0.05, 0) is 43.0 Å². The molecule has 1 aliphatic heterocycles. The Bertz CT molecular complexity index is 414. The zero-order valence-corrected chi connectivity index (χ0v) is 11.6. The van der Waals surface area contributed by atoms with E-state index in [1.807, 2.05) is 0 Å². The van der Waals surface area contributed by atoms with Crippen LogP contribution in [0.3, 0.4) is 0 Å². The van der Waals surface area contributed by atoms with E-state index in [1.165, 1.54) is 12.1 Å². The maximum absolute atomic E-state index is 13.4. The summed E-state index contributed by atoms with van der Waals surface area (Å²) in [5.74, 6) is -0.555. The van der Waals surface area contributed by atoms with E-state index in [9.17, 15) is 8.78 Å². The van der Waals surface area contributed by atoms with E-state index in [0.29, 0.717) is 11.5 Å². The lowest BCUT2D eigenvalue weighted by molar-refractivity contribution is 0.113. The number of halogens is 2. The molecule has 106 valence electrons. The Morgan fingerprint density at radius 3 is 2.47 bits per heavy atom. The van der Waals surface area contributed by atoms with Crippen LogP contribution < -0.4 is 5.73 Å². The first kappa shape index (κ1) is 14.4. The van der Waals surface area contributed by atoms with Crippen molar-refractivity contribution in [2.75, 3.05) is 13.1 Å². The van der Waals surface area contributed by atoms with Gasteiger partial charge < -0.3 is 5.73 Å². The van der Waals surface area contributed by atoms with Gasteiger partial charge in [0.1, 0.15) is 11.6 Å². The molecule has 1 aliphatic rings. The van der Waals surface area contributed by atoms with Crippen LogP contribution in [0, 0.1) is 17.6 Å². The minimum absolute atomic E-state index is 0.0614. The number of nitrogens with zero attached hydrogens (tertiary/aromatic N) is 1. The van der Waals surface area contributed by atoms with Gasteiger partial charge in [0.2, 0.25) is 0 Å². The van der Waals surface area contributed by atoms with Gasteiger partial charge in [-0.25, -0.2) is 8.78 Å². The molecule has 19 heavy (non-hydrogen) atoms. The second-order valence-electron chi connectivity index (χ2n) is 5.84. The summed E-state index contributed by atoms with van der Waals surface area (Å²) in [4.78, 5) is 2.26. The highest BCUT2D eigenvalue weighted by molar-refractivity contribution is 5.23. The molecule has 4 heteroatoms. The zero-order valence-electron chi connectivity index (χ0n) is 11.6. The first-order valence-corrected chi connectivity index (χ1v) is 6.93. The molecule has 0 bridgehead atoms. The van der Waals surface area contributed by atoms with Crippen LogP contribution in [0.5, 0.6) is 0 Å². The summed E-state index contributed by atoms with van der Waals surface area (Å²) in [6, 6.07) is 3.58. The average Bonchev–Trinajstić information content (AvgIpc) is 2.26. The van der Waals surface area contributed by atoms with Crippen LogP contribution in [-0.4, -0.2) is 24.0 Å². The molecule has 1 saturated heterocycles. The van der Waals surface area contributed by atoms with Gasteiger partial charge in [0.05, 0.1) is 6.04 Å². The summed E-state index contributed by atoms with van der Waals surface area (Å²) in [6.45, 7) is 6.12. The molecule has 2 rings (SSSR count). The monoisotopic (exact) mass is 268 g/mol. The molecule has 1 fully saturated rings. The van der Waals surface area contributed by atoms with E-state index < -0.39 is 11.6 Å². The third-order valence-electron chi connectivity index (χ3n) is 3.61. The minimum atomic E-state index is -0.530. The Labute approximate surface area is 113 Å². The molecular weight excluding hydrogens is 246 g/mol. The van der Waals surface area contributed by atoms with Crippen molar-refractivity contribution in [3.05, 3.63) is 35.4 Å². The lowest BCUT2D eigenvalue weighted by atomic mass is 9.90. The van der Waals surface area contributed by atoms with Crippen molar-refractivity contribution >= 4 is 0 Å². The molecule has 2 N–H and O–H groups in total. The van der Waals surface area contributed by atoms with E-state index in [1.54, 1.807) is 0 Å². The van der Waals surface area contributed by atoms with Gasteiger partial charge in [-0.1, -0.05) is 13.8 Å². The number of piperidine rings is 1. The Balaban J connectivity index is 2.30. The van der Waals surface area contributed by atoms with E-state index in [-0.39, 0.29) is 12.1 Å². The van der Waals surface area contributed by atoms with Crippen LogP contribution in [0.2, 0.25) is 0 Å². The second-order valence-corrected chi connectivity index (χ2v) is 5.84. The molecule has 2 nitrogen and oxygen atoms in total. The molecule has 2 atom stereocenters. The van der Waals surface area contributed by atoms with Crippen LogP contribution in [0.25, 0.3) is 0 Å². The third kappa shape index (κ3) is 3.51. The highest BCUT2D eigenvalue weighted by Gasteiger charge is 2.31. The van der Waals surface area contributed by atoms with Crippen molar-refractivity contribution in [3.8, 4) is 0 Å². The van der Waals surface area contributed by atoms with Crippen LogP contribution in [0.15, 0.2) is 18.2 Å². The standard InChI is InChI=1S/C15H22F2N2/c1-10(2)9-19-5-3-4-14(18)15(19)11-6-12(16)8-13(17)7-11/h6-8,10,14-15H,3-5,9,18H2,1-2H3. The minimum Gasteiger partial charge on any atom is -0.326 e. The normalized spacial score (nSPS) is 24.9. The van der Waals surface area contributed by atoms with E-state index in [0.717, 1.165) is 32.0 Å². The van der Waals surface area contributed by atoms with Crippen LogP contribution in [0.4, 0.5) is 8.78 Å². The number of likely N-dealkylation sites (tertiary alicyclic amines) is 1. The number of nitrogens with two attached hydrogens (primary N) is 1. The second kappa shape index (κ2) is 5.97. The summed E-state index contributed by atoms with van der Waals surface area (Å²) < 4.78 is 26.8. The molecule has 0 spiro atoms. The Morgan fingerprint density at radius 1 is 1.26 bits per heavy atom. The fourth-order valence-electron chi connectivity index (χ4n) is 2.98. The SMILES string of the molecule is CC(C)CN1CCCC(N)C1c1cc(F)cc(F)c1. The average molecular weight is 268 g/mol. The topological polar surface area (TPSA) is 29.3 Å². The van der Waals surface area contributed by atoms with Crippen molar-refractivity contribution in [2.24, 2.45) is 11.7 Å². The van der Waals surface area contributed by atoms with Crippen molar-refractivity contribution in [1.29, 1.82) is 0 Å². The molecule has 0 saturated carbocycles. The summed E-state index contributed by atoms with van der Waals surface area (Å²) in [7, 11) is 0. The van der Waals surface area contributed by atoms with Crippen LogP contribution >= 0.6 is 0 Å². The molecule has 0 aliphatic carbocycles. The van der Waals surface area contributed by atoms with Gasteiger partial charge >= 0.3 is 0 Å². The van der Waals surface area contributed by atoms with E-state index in [4.69, 9.17) is 5.73 Å². The first-order chi connectivity index (χ1) is 8.97. The van der Waals surface area contributed by atoms with E-state index in [2.05, 4.69) is 18.7 Å². The zero-order chi connectivity index (χ0) is 14.0. The summed E-state index contributed by atoms with van der Waals surface area (Å²) in [6.07, 6.45) is 1.94. The highest BCUT2D eigenvalue weighted by Crippen LogP contribution is 2.31. The molecule has 0 aromatic heterocycles. The summed E-state index contributed by atoms with van der Waals surface area (Å²) >= 11 is 0. The number of hydrogen-bond acceptors (Lipinski definition) is 2. The Kier molecular flexibility index (Phi) is 4.53. The smallest absolute Gasteiger partial charge is 0.126 e. The maximum atomic E-state index is 13.4. The maximum Gasteiger partial charge on any atom is 0.126 e. The van der Waals surface area contributed by atoms with Gasteiger partial charge in [0.25, 0.3) is 0 Å². The Morgan fingerprint density at radius 2 is 1.89 bits per heavy atom. The van der Waals surface area contributed by atoms with Crippen LogP contribution in [-0.2, 0) is 0 Å². The van der Waals surface area contributed by atoms with Crippen molar-refractivity contribution in [1.82, 2.24) is 4.90 Å². The van der Waals surface area contributed by atoms with Crippen LogP contribution in [0.1, 0.15) is 38.3 Å². The van der Waals surface area contributed by atoms with Crippen molar-refractivity contribution < 1.29 is 8.78 Å². The molecule has 0 amide bonds. The number of benzene rings is 1. The molecular formula is C15H22F2N2. The van der Waals surface area contributed by atoms with Crippen molar-refractivity contribution in [2.45, 2.75) is 38.8 Å². The molecule has 2 unspecified atom stereocenters. The lowest BCUT2D eigenvalue weighted by Crippen LogP contribution is -2.47. The number of hydrogen-bond donors (Lipinski definition) is 1. The van der Waals surface area contributed by atoms with Gasteiger partial charge in [-0.2, -0.15) is 0 Å². The fourth-order valence-corrected chi connectivity index (χ4v) is 2.98. The van der Waals surface area contributed by atoms with Gasteiger partial charge in [-0.3, -0.25) is 4.90 Å². The predicted molar refractivity (Wildman–Crippen MR) is 72.7 cm³/mol. The lowest BCUT2D eigenvalue weighted by Gasteiger charge is -2.41. The highest BCUT2D eigenvalue weighted by atomic mass is 19.1. The van der Waals surface area contributed by atoms with Gasteiger partial charge in [-0.15, -0.1) is 0 Å². The van der Waals surface area contributed by atoms with E-state index >= 15 is 0 Å². The van der Waals surface area contributed by atoms with Gasteiger partial charge in [0, 0.05) is 18.7 Å². The largest absolute Gasteiger partial charge is 0.326 e. The first-order valence-electron chi connectivity index (χ1n) is 6.93. The Hall–Kier alpha value is -1.00. The molecule has 1 heterocycles. The molecule has 0 radical (unpaired) electrons.